The summed E-state index contributed by atoms with van der Waals surface area (Å²) in [5, 5.41) is 10.9. The minimum absolute atomic E-state index is 1.09. The molecule has 0 spiro atoms. The lowest BCUT2D eigenvalue weighted by molar-refractivity contribution is -0.134. The van der Waals surface area contributed by atoms with E-state index in [0.29, 0.717) is 0 Å². The fourth-order valence-electron chi connectivity index (χ4n) is 0.426. The van der Waals surface area contributed by atoms with E-state index in [0.717, 1.165) is 13.1 Å². The molecule has 0 aromatic carbocycles. The van der Waals surface area contributed by atoms with E-state index in [-0.39, 0.29) is 0 Å². The van der Waals surface area contributed by atoms with Crippen LogP contribution >= 0.6 is 7.60 Å². The molecule has 7 heteroatoms. The number of hydrogen-bond acceptors (Lipinski definition) is 3. The van der Waals surface area contributed by atoms with Gasteiger partial charge in [-0.2, -0.15) is 0 Å². The normalized spacial score (nSPS) is 10.2. The van der Waals surface area contributed by atoms with Crippen molar-refractivity contribution in [2.45, 2.75) is 13.8 Å². The highest BCUT2D eigenvalue weighted by Crippen LogP contribution is 2.33. The number of hydrogen-bond donors (Lipinski definition) is 4. The molecule has 0 bridgehead atoms. The second kappa shape index (κ2) is 8.19. The van der Waals surface area contributed by atoms with Gasteiger partial charge in [-0.3, -0.25) is 9.36 Å². The van der Waals surface area contributed by atoms with Gasteiger partial charge >= 0.3 is 13.6 Å². The average molecular weight is 213 g/mol. The van der Waals surface area contributed by atoms with E-state index in [1.165, 1.54) is 0 Å². The molecule has 0 saturated heterocycles. The molecule has 0 atom stereocenters. The molecule has 0 aromatic heterocycles. The molecule has 13 heavy (non-hydrogen) atoms. The van der Waals surface area contributed by atoms with Crippen molar-refractivity contribution in [1.29, 1.82) is 0 Å². The Balaban J connectivity index is 0. The molecule has 80 valence electrons. The van der Waals surface area contributed by atoms with Crippen LogP contribution in [0.1, 0.15) is 13.8 Å². The van der Waals surface area contributed by atoms with Crippen LogP contribution < -0.4 is 5.32 Å². The summed E-state index contributed by atoms with van der Waals surface area (Å²) in [4.78, 5) is 25.4. The van der Waals surface area contributed by atoms with Crippen molar-refractivity contribution in [1.82, 2.24) is 5.32 Å². The largest absolute Gasteiger partial charge is 0.481 e. The predicted molar refractivity (Wildman–Crippen MR) is 48.8 cm³/mol. The highest BCUT2D eigenvalue weighted by atomic mass is 31.2. The van der Waals surface area contributed by atoms with Crippen LogP contribution in [0.3, 0.4) is 0 Å². The van der Waals surface area contributed by atoms with E-state index in [1.54, 1.807) is 0 Å². The van der Waals surface area contributed by atoms with Crippen LogP contribution in [0.15, 0.2) is 0 Å². The van der Waals surface area contributed by atoms with Crippen LogP contribution in [-0.2, 0) is 9.36 Å². The summed E-state index contributed by atoms with van der Waals surface area (Å²) < 4.78 is 9.76. The van der Waals surface area contributed by atoms with Gasteiger partial charge in [0.05, 0.1) is 0 Å². The maximum absolute atomic E-state index is 9.76. The Labute approximate surface area is 77.1 Å². The van der Waals surface area contributed by atoms with Gasteiger partial charge in [-0.25, -0.2) is 0 Å². The van der Waals surface area contributed by atoms with Crippen molar-refractivity contribution in [2.75, 3.05) is 19.3 Å². The van der Waals surface area contributed by atoms with Crippen LogP contribution in [0.2, 0.25) is 0 Å². The smallest absolute Gasteiger partial charge is 0.336 e. The van der Waals surface area contributed by atoms with E-state index in [9.17, 15) is 9.36 Å². The van der Waals surface area contributed by atoms with Gasteiger partial charge in [-0.05, 0) is 13.1 Å². The van der Waals surface area contributed by atoms with Crippen molar-refractivity contribution in [3.8, 4) is 0 Å². The van der Waals surface area contributed by atoms with Crippen LogP contribution in [-0.4, -0.2) is 40.1 Å². The first-order chi connectivity index (χ1) is 5.83. The summed E-state index contributed by atoms with van der Waals surface area (Å²) in [5.41, 5.74) is 0. The number of carbonyl (C=O) groups is 1. The Morgan fingerprint density at radius 1 is 1.31 bits per heavy atom. The molecular formula is C6H16NO5P. The molecule has 0 aliphatic rings. The topological polar surface area (TPSA) is 107 Å². The summed E-state index contributed by atoms with van der Waals surface area (Å²) in [5.74, 6) is -1.49. The van der Waals surface area contributed by atoms with Crippen LogP contribution in [0, 0.1) is 0 Å². The lowest BCUT2D eigenvalue weighted by Gasteiger charge is -1.95. The number of carboxylic acid groups (broad SMARTS) is 1. The molecule has 6 nitrogen and oxygen atoms in total. The van der Waals surface area contributed by atoms with E-state index in [2.05, 4.69) is 19.2 Å². The predicted octanol–water partition coefficient (Wildman–Crippen LogP) is -0.135. The molecule has 0 saturated carbocycles. The van der Waals surface area contributed by atoms with Crippen molar-refractivity contribution < 1.29 is 24.3 Å². The lowest BCUT2D eigenvalue weighted by atomic mass is 10.7. The molecule has 0 heterocycles. The highest BCUT2D eigenvalue weighted by molar-refractivity contribution is 7.52. The Morgan fingerprint density at radius 3 is 1.69 bits per heavy atom. The molecular weight excluding hydrogens is 197 g/mol. The molecule has 0 aliphatic heterocycles. The number of carboxylic acids is 1. The Morgan fingerprint density at radius 2 is 1.69 bits per heavy atom. The van der Waals surface area contributed by atoms with Gasteiger partial charge in [0.1, 0.15) is 6.16 Å². The maximum Gasteiger partial charge on any atom is 0.336 e. The number of rotatable bonds is 4. The Bertz CT molecular complexity index is 176. The number of nitrogens with one attached hydrogen (secondary N) is 1. The zero-order valence-electron chi connectivity index (χ0n) is 7.73. The van der Waals surface area contributed by atoms with Gasteiger partial charge in [0.15, 0.2) is 0 Å². The lowest BCUT2D eigenvalue weighted by Crippen LogP contribution is -2.09. The third kappa shape index (κ3) is 24.5. The van der Waals surface area contributed by atoms with Gasteiger partial charge in [0.25, 0.3) is 0 Å². The van der Waals surface area contributed by atoms with Crippen LogP contribution in [0.4, 0.5) is 0 Å². The Hall–Kier alpha value is -0.420. The molecule has 0 unspecified atom stereocenters. The fraction of sp³-hybridized carbons (Fsp3) is 0.833. The van der Waals surface area contributed by atoms with Gasteiger partial charge in [0.2, 0.25) is 0 Å². The van der Waals surface area contributed by atoms with Crippen LogP contribution in [0.5, 0.6) is 0 Å². The summed E-state index contributed by atoms with van der Waals surface area (Å²) in [6.45, 7) is 6.39. The minimum atomic E-state index is -4.32. The van der Waals surface area contributed by atoms with E-state index in [1.807, 2.05) is 0 Å². The molecule has 4 N–H and O–H groups in total. The maximum atomic E-state index is 9.76. The van der Waals surface area contributed by atoms with Crippen molar-refractivity contribution >= 4 is 13.6 Å². The van der Waals surface area contributed by atoms with Crippen LogP contribution in [0.25, 0.3) is 0 Å². The summed E-state index contributed by atoms with van der Waals surface area (Å²) in [7, 11) is -4.32. The standard InChI is InChI=1S/C4H11N.C2H5O5P/c1-3-5-4-2;3-2(4)1-8(5,6)7/h5H,3-4H2,1-2H3;1H2,(H,3,4)(H2,5,6,7). The first kappa shape index (κ1) is 15.1. The highest BCUT2D eigenvalue weighted by Gasteiger charge is 2.17. The second-order valence-corrected chi connectivity index (χ2v) is 3.82. The van der Waals surface area contributed by atoms with Crippen molar-refractivity contribution in [2.24, 2.45) is 0 Å². The van der Waals surface area contributed by atoms with E-state index < -0.39 is 19.7 Å². The van der Waals surface area contributed by atoms with Gasteiger partial charge in [0, 0.05) is 0 Å². The molecule has 0 rings (SSSR count). The van der Waals surface area contributed by atoms with Crippen molar-refractivity contribution in [3.05, 3.63) is 0 Å². The summed E-state index contributed by atoms with van der Waals surface area (Å²) >= 11 is 0. The zero-order chi connectivity index (χ0) is 10.9. The monoisotopic (exact) mass is 213 g/mol. The zero-order valence-corrected chi connectivity index (χ0v) is 8.62. The first-order valence-electron chi connectivity index (χ1n) is 3.80. The van der Waals surface area contributed by atoms with E-state index in [4.69, 9.17) is 14.9 Å². The summed E-state index contributed by atoms with van der Waals surface area (Å²) in [6, 6.07) is 0. The SMILES string of the molecule is CCNCC.O=C(O)CP(=O)(O)O. The minimum Gasteiger partial charge on any atom is -0.481 e. The molecule has 0 aliphatic carbocycles. The number of aliphatic carboxylic acids is 1. The molecule has 0 radical (unpaired) electrons. The molecule has 0 aromatic rings. The third-order valence-electron chi connectivity index (χ3n) is 0.841. The van der Waals surface area contributed by atoms with Gasteiger partial charge in [-0.1, -0.05) is 13.8 Å². The Kier molecular flexibility index (Phi) is 9.50. The van der Waals surface area contributed by atoms with E-state index >= 15 is 0 Å². The quantitative estimate of drug-likeness (QED) is 0.484. The van der Waals surface area contributed by atoms with Gasteiger partial charge in [-0.15, -0.1) is 0 Å². The van der Waals surface area contributed by atoms with Gasteiger partial charge < -0.3 is 20.2 Å². The fourth-order valence-corrected chi connectivity index (χ4v) is 0.779. The average Bonchev–Trinajstić information content (AvgIpc) is 1.84. The molecule has 0 fully saturated rings. The second-order valence-electron chi connectivity index (χ2n) is 2.17. The third-order valence-corrected chi connectivity index (χ3v) is 1.52. The summed E-state index contributed by atoms with van der Waals surface area (Å²) in [6.07, 6.45) is -1.09. The molecule has 0 amide bonds. The first-order valence-corrected chi connectivity index (χ1v) is 5.60. The van der Waals surface area contributed by atoms with Crippen molar-refractivity contribution in [3.63, 3.8) is 0 Å².